The predicted molar refractivity (Wildman–Crippen MR) is 101 cm³/mol. The summed E-state index contributed by atoms with van der Waals surface area (Å²) in [5.74, 6) is 1.42. The lowest BCUT2D eigenvalue weighted by Gasteiger charge is -2.37. The van der Waals surface area contributed by atoms with Crippen molar-refractivity contribution >= 4 is 5.96 Å². The second-order valence-corrected chi connectivity index (χ2v) is 6.75. The molecule has 0 aliphatic heterocycles. The third-order valence-corrected chi connectivity index (χ3v) is 4.98. The minimum absolute atomic E-state index is 0.190. The summed E-state index contributed by atoms with van der Waals surface area (Å²) in [6, 6.07) is 3.87. The molecule has 1 heterocycles. The lowest BCUT2D eigenvalue weighted by Crippen LogP contribution is -2.44. The summed E-state index contributed by atoms with van der Waals surface area (Å²) >= 11 is 0. The normalized spacial score (nSPS) is 17.2. The summed E-state index contributed by atoms with van der Waals surface area (Å²) in [7, 11) is 1.63. The van der Waals surface area contributed by atoms with Crippen LogP contribution in [0, 0.1) is 5.41 Å². The van der Waals surface area contributed by atoms with Crippen LogP contribution in [-0.4, -0.2) is 42.9 Å². The van der Waals surface area contributed by atoms with E-state index >= 15 is 0 Å². The molecule has 0 spiro atoms. The molecular formula is C19H32N4O2. The van der Waals surface area contributed by atoms with Crippen LogP contribution in [0.3, 0.4) is 0 Å². The number of nitrogens with one attached hydrogen (secondary N) is 2. The number of nitrogens with zero attached hydrogens (tertiary/aromatic N) is 2. The summed E-state index contributed by atoms with van der Waals surface area (Å²) in [6.07, 6.45) is 8.74. The molecule has 0 saturated heterocycles. The van der Waals surface area contributed by atoms with Gasteiger partial charge in [0.05, 0.1) is 13.7 Å². The fourth-order valence-corrected chi connectivity index (χ4v) is 3.56. The molecule has 6 nitrogen and oxygen atoms in total. The first-order chi connectivity index (χ1) is 12.2. The molecule has 0 radical (unpaired) electrons. The Hall–Kier alpha value is -1.82. The number of rotatable bonds is 8. The van der Waals surface area contributed by atoms with E-state index in [9.17, 15) is 5.11 Å². The monoisotopic (exact) mass is 348 g/mol. The highest BCUT2D eigenvalue weighted by atomic mass is 16.5. The Kier molecular flexibility index (Phi) is 7.98. The molecule has 2 rings (SSSR count). The molecule has 1 saturated carbocycles. The van der Waals surface area contributed by atoms with Crippen LogP contribution in [0.1, 0.15) is 51.0 Å². The van der Waals surface area contributed by atoms with E-state index in [1.807, 2.05) is 12.1 Å². The fourth-order valence-electron chi connectivity index (χ4n) is 3.56. The van der Waals surface area contributed by atoms with Crippen LogP contribution >= 0.6 is 0 Å². The molecule has 6 heteroatoms. The largest absolute Gasteiger partial charge is 0.481 e. The SMILES string of the molecule is CCNC(=NCc1cccnc1OC)NCC1(CCO)CCCCC1. The number of methoxy groups -OCH3 is 1. The smallest absolute Gasteiger partial charge is 0.218 e. The molecule has 1 fully saturated rings. The molecule has 1 aromatic rings. The van der Waals surface area contributed by atoms with Gasteiger partial charge in [0.2, 0.25) is 5.88 Å². The van der Waals surface area contributed by atoms with E-state index in [4.69, 9.17) is 4.74 Å². The maximum absolute atomic E-state index is 9.47. The minimum atomic E-state index is 0.190. The Labute approximate surface area is 151 Å². The van der Waals surface area contributed by atoms with Gasteiger partial charge in [0.1, 0.15) is 0 Å². The Bertz CT molecular complexity index is 536. The van der Waals surface area contributed by atoms with Crippen LogP contribution in [0.4, 0.5) is 0 Å². The van der Waals surface area contributed by atoms with Gasteiger partial charge >= 0.3 is 0 Å². The third kappa shape index (κ3) is 5.88. The van der Waals surface area contributed by atoms with Crippen molar-refractivity contribution in [3.05, 3.63) is 23.9 Å². The van der Waals surface area contributed by atoms with Crippen LogP contribution < -0.4 is 15.4 Å². The molecule has 140 valence electrons. The lowest BCUT2D eigenvalue weighted by atomic mass is 9.72. The molecule has 1 aliphatic rings. The Morgan fingerprint density at radius 3 is 2.80 bits per heavy atom. The number of hydrogen-bond donors (Lipinski definition) is 3. The predicted octanol–water partition coefficient (Wildman–Crippen LogP) is 2.48. The Morgan fingerprint density at radius 2 is 2.12 bits per heavy atom. The topological polar surface area (TPSA) is 78.8 Å². The third-order valence-electron chi connectivity index (χ3n) is 4.98. The van der Waals surface area contributed by atoms with Gasteiger partial charge in [-0.1, -0.05) is 25.3 Å². The molecule has 25 heavy (non-hydrogen) atoms. The number of pyridine rings is 1. The molecule has 0 unspecified atom stereocenters. The van der Waals surface area contributed by atoms with Crippen molar-refractivity contribution in [2.75, 3.05) is 26.8 Å². The van der Waals surface area contributed by atoms with E-state index in [0.717, 1.165) is 31.0 Å². The van der Waals surface area contributed by atoms with Crippen molar-refractivity contribution in [2.24, 2.45) is 10.4 Å². The number of ether oxygens (including phenoxy) is 1. The zero-order chi connectivity index (χ0) is 18.0. The summed E-state index contributed by atoms with van der Waals surface area (Å²) in [5.41, 5.74) is 1.15. The first-order valence-corrected chi connectivity index (χ1v) is 9.34. The first kappa shape index (κ1) is 19.5. The molecule has 0 bridgehead atoms. The van der Waals surface area contributed by atoms with Gasteiger partial charge in [0.25, 0.3) is 0 Å². The zero-order valence-corrected chi connectivity index (χ0v) is 15.6. The van der Waals surface area contributed by atoms with Crippen molar-refractivity contribution in [3.63, 3.8) is 0 Å². The van der Waals surface area contributed by atoms with E-state index in [2.05, 4.69) is 27.5 Å². The highest BCUT2D eigenvalue weighted by molar-refractivity contribution is 5.79. The average molecular weight is 348 g/mol. The summed E-state index contributed by atoms with van der Waals surface area (Å²) in [5, 5.41) is 16.3. The molecule has 0 aromatic carbocycles. The highest BCUT2D eigenvalue weighted by Crippen LogP contribution is 2.38. The highest BCUT2D eigenvalue weighted by Gasteiger charge is 2.31. The van der Waals surface area contributed by atoms with Crippen molar-refractivity contribution in [2.45, 2.75) is 52.0 Å². The van der Waals surface area contributed by atoms with E-state index in [0.29, 0.717) is 12.4 Å². The first-order valence-electron chi connectivity index (χ1n) is 9.34. The van der Waals surface area contributed by atoms with Crippen molar-refractivity contribution in [1.82, 2.24) is 15.6 Å². The number of guanidine groups is 1. The number of aliphatic imine (C=N–C) groups is 1. The van der Waals surface area contributed by atoms with Crippen LogP contribution in [0.25, 0.3) is 0 Å². The van der Waals surface area contributed by atoms with Gasteiger partial charge in [-0.25, -0.2) is 9.98 Å². The maximum Gasteiger partial charge on any atom is 0.218 e. The van der Waals surface area contributed by atoms with E-state index in [1.54, 1.807) is 13.3 Å². The summed E-state index contributed by atoms with van der Waals surface area (Å²) in [6.45, 7) is 4.49. The summed E-state index contributed by atoms with van der Waals surface area (Å²) < 4.78 is 5.29. The molecule has 0 amide bonds. The van der Waals surface area contributed by atoms with Crippen molar-refractivity contribution in [3.8, 4) is 5.88 Å². The van der Waals surface area contributed by atoms with E-state index < -0.39 is 0 Å². The Morgan fingerprint density at radius 1 is 1.32 bits per heavy atom. The molecule has 1 aliphatic carbocycles. The molecular weight excluding hydrogens is 316 g/mol. The van der Waals surface area contributed by atoms with E-state index in [1.165, 1.54) is 32.1 Å². The van der Waals surface area contributed by atoms with Gasteiger partial charge in [-0.3, -0.25) is 0 Å². The maximum atomic E-state index is 9.47. The second-order valence-electron chi connectivity index (χ2n) is 6.75. The van der Waals surface area contributed by atoms with Gasteiger partial charge in [0.15, 0.2) is 5.96 Å². The fraction of sp³-hybridized carbons (Fsp3) is 0.684. The number of aliphatic hydroxyl groups excluding tert-OH is 1. The second kappa shape index (κ2) is 10.2. The van der Waals surface area contributed by atoms with Gasteiger partial charge < -0.3 is 20.5 Å². The number of aromatic nitrogens is 1. The van der Waals surface area contributed by atoms with Crippen LogP contribution in [0.2, 0.25) is 0 Å². The molecule has 1 aromatic heterocycles. The number of hydrogen-bond acceptors (Lipinski definition) is 4. The van der Waals surface area contributed by atoms with Crippen LogP contribution in [0.5, 0.6) is 5.88 Å². The van der Waals surface area contributed by atoms with Gasteiger partial charge in [-0.05, 0) is 37.7 Å². The minimum Gasteiger partial charge on any atom is -0.481 e. The average Bonchev–Trinajstić information content (AvgIpc) is 2.65. The van der Waals surface area contributed by atoms with Gasteiger partial charge in [0, 0.05) is 31.5 Å². The summed E-state index contributed by atoms with van der Waals surface area (Å²) in [4.78, 5) is 8.90. The van der Waals surface area contributed by atoms with Crippen LogP contribution in [0.15, 0.2) is 23.3 Å². The van der Waals surface area contributed by atoms with Gasteiger partial charge in [-0.15, -0.1) is 0 Å². The number of aliphatic hydroxyl groups is 1. The van der Waals surface area contributed by atoms with Crippen molar-refractivity contribution in [1.29, 1.82) is 0 Å². The van der Waals surface area contributed by atoms with Gasteiger partial charge in [-0.2, -0.15) is 0 Å². The molecule has 0 atom stereocenters. The van der Waals surface area contributed by atoms with Crippen molar-refractivity contribution < 1.29 is 9.84 Å². The van der Waals surface area contributed by atoms with Crippen LogP contribution in [-0.2, 0) is 6.54 Å². The lowest BCUT2D eigenvalue weighted by molar-refractivity contribution is 0.131. The quantitative estimate of drug-likeness (QED) is 0.497. The Balaban J connectivity index is 2.01. The molecule has 3 N–H and O–H groups in total. The van der Waals surface area contributed by atoms with E-state index in [-0.39, 0.29) is 12.0 Å². The zero-order valence-electron chi connectivity index (χ0n) is 15.6. The standard InChI is InChI=1S/C19H32N4O2/c1-3-20-18(22-14-16-8-7-12-21-17(16)25-2)23-15-19(11-13-24)9-5-4-6-10-19/h7-8,12,24H,3-6,9-11,13-15H2,1-2H3,(H2,20,22,23).